The van der Waals surface area contributed by atoms with Crippen molar-refractivity contribution in [3.63, 3.8) is 0 Å². The molecule has 0 aliphatic rings. The maximum absolute atomic E-state index is 11.7. The third-order valence-electron chi connectivity index (χ3n) is 2.82. The summed E-state index contributed by atoms with van der Waals surface area (Å²) in [6, 6.07) is 10.6. The first-order valence-corrected chi connectivity index (χ1v) is 7.14. The summed E-state index contributed by atoms with van der Waals surface area (Å²) in [7, 11) is 0. The molecule has 1 aromatic carbocycles. The Balaban J connectivity index is 1.79. The van der Waals surface area contributed by atoms with Crippen LogP contribution < -0.4 is 5.32 Å². The Morgan fingerprint density at radius 1 is 1.20 bits per heavy atom. The van der Waals surface area contributed by atoms with E-state index in [1.807, 2.05) is 23.6 Å². The van der Waals surface area contributed by atoms with Gasteiger partial charge in [-0.05, 0) is 35.6 Å². The van der Waals surface area contributed by atoms with Gasteiger partial charge in [0.2, 0.25) is 5.91 Å². The van der Waals surface area contributed by atoms with Crippen LogP contribution in [0.5, 0.6) is 0 Å². The van der Waals surface area contributed by atoms with Crippen LogP contribution in [0.15, 0.2) is 41.8 Å². The van der Waals surface area contributed by atoms with E-state index >= 15 is 0 Å². The minimum atomic E-state index is -0.936. The SMILES string of the molecule is O=C(Cc1cccs1)NCCc1cccc(C(=O)O)c1. The maximum Gasteiger partial charge on any atom is 0.335 e. The third-order valence-corrected chi connectivity index (χ3v) is 3.70. The molecule has 0 saturated heterocycles. The summed E-state index contributed by atoms with van der Waals surface area (Å²) >= 11 is 1.56. The zero-order valence-electron chi connectivity index (χ0n) is 10.8. The van der Waals surface area contributed by atoms with Crippen molar-refractivity contribution in [3.05, 3.63) is 57.8 Å². The molecule has 0 atom stereocenters. The van der Waals surface area contributed by atoms with Gasteiger partial charge in [0, 0.05) is 11.4 Å². The summed E-state index contributed by atoms with van der Waals surface area (Å²) in [6.45, 7) is 0.507. The van der Waals surface area contributed by atoms with Crippen molar-refractivity contribution in [1.82, 2.24) is 5.32 Å². The van der Waals surface area contributed by atoms with Crippen LogP contribution in [0.4, 0.5) is 0 Å². The molecule has 5 heteroatoms. The molecule has 0 bridgehead atoms. The molecular weight excluding hydrogens is 274 g/mol. The summed E-state index contributed by atoms with van der Waals surface area (Å²) in [5.74, 6) is -0.949. The molecule has 1 amide bonds. The lowest BCUT2D eigenvalue weighted by Gasteiger charge is -2.05. The smallest absolute Gasteiger partial charge is 0.335 e. The number of hydrogen-bond donors (Lipinski definition) is 2. The highest BCUT2D eigenvalue weighted by Gasteiger charge is 2.05. The Hall–Kier alpha value is -2.14. The predicted molar refractivity (Wildman–Crippen MR) is 78.1 cm³/mol. The molecule has 1 aromatic heterocycles. The van der Waals surface area contributed by atoms with Crippen molar-refractivity contribution in [1.29, 1.82) is 0 Å². The fourth-order valence-electron chi connectivity index (χ4n) is 1.84. The topological polar surface area (TPSA) is 66.4 Å². The molecule has 104 valence electrons. The van der Waals surface area contributed by atoms with Crippen LogP contribution in [0.25, 0.3) is 0 Å². The van der Waals surface area contributed by atoms with Crippen molar-refractivity contribution in [3.8, 4) is 0 Å². The van der Waals surface area contributed by atoms with Crippen LogP contribution in [0.2, 0.25) is 0 Å². The zero-order valence-corrected chi connectivity index (χ0v) is 11.7. The van der Waals surface area contributed by atoms with Gasteiger partial charge in [-0.25, -0.2) is 4.79 Å². The van der Waals surface area contributed by atoms with Gasteiger partial charge in [0.15, 0.2) is 0 Å². The van der Waals surface area contributed by atoms with Crippen molar-refractivity contribution in [2.75, 3.05) is 6.54 Å². The molecule has 2 aromatic rings. The van der Waals surface area contributed by atoms with Crippen LogP contribution in [0.1, 0.15) is 20.8 Å². The lowest BCUT2D eigenvalue weighted by Crippen LogP contribution is -2.26. The van der Waals surface area contributed by atoms with Crippen LogP contribution >= 0.6 is 11.3 Å². The minimum Gasteiger partial charge on any atom is -0.478 e. The number of carboxylic acids is 1. The van der Waals surface area contributed by atoms with E-state index in [1.54, 1.807) is 29.5 Å². The quantitative estimate of drug-likeness (QED) is 0.858. The molecule has 0 saturated carbocycles. The summed E-state index contributed by atoms with van der Waals surface area (Å²) in [6.07, 6.45) is 1.02. The lowest BCUT2D eigenvalue weighted by molar-refractivity contribution is -0.120. The van der Waals surface area contributed by atoms with E-state index in [2.05, 4.69) is 5.32 Å². The number of benzene rings is 1. The Morgan fingerprint density at radius 2 is 2.05 bits per heavy atom. The molecule has 20 heavy (non-hydrogen) atoms. The van der Waals surface area contributed by atoms with Gasteiger partial charge in [0.05, 0.1) is 12.0 Å². The van der Waals surface area contributed by atoms with Gasteiger partial charge in [0.25, 0.3) is 0 Å². The number of thiophene rings is 1. The minimum absolute atomic E-state index is 0.0122. The number of carbonyl (C=O) groups is 2. The Bertz CT molecular complexity index is 593. The standard InChI is InChI=1S/C15H15NO3S/c17-14(10-13-5-2-8-20-13)16-7-6-11-3-1-4-12(9-11)15(18)19/h1-5,8-9H,6-7,10H2,(H,16,17)(H,18,19). The summed E-state index contributed by atoms with van der Waals surface area (Å²) in [5.41, 5.74) is 1.17. The monoisotopic (exact) mass is 289 g/mol. The average molecular weight is 289 g/mol. The molecule has 4 nitrogen and oxygen atoms in total. The molecule has 0 radical (unpaired) electrons. The highest BCUT2D eigenvalue weighted by atomic mass is 32.1. The van der Waals surface area contributed by atoms with E-state index in [4.69, 9.17) is 5.11 Å². The van der Waals surface area contributed by atoms with E-state index < -0.39 is 5.97 Å². The first-order valence-electron chi connectivity index (χ1n) is 6.26. The normalized spacial score (nSPS) is 10.2. The highest BCUT2D eigenvalue weighted by Crippen LogP contribution is 2.09. The van der Waals surface area contributed by atoms with Crippen LogP contribution in [0.3, 0.4) is 0 Å². The van der Waals surface area contributed by atoms with Gasteiger partial charge in [-0.2, -0.15) is 0 Å². The van der Waals surface area contributed by atoms with Crippen molar-refractivity contribution >= 4 is 23.2 Å². The van der Waals surface area contributed by atoms with E-state index in [-0.39, 0.29) is 11.5 Å². The number of rotatable bonds is 6. The van der Waals surface area contributed by atoms with Gasteiger partial charge >= 0.3 is 5.97 Å². The molecule has 2 rings (SSSR count). The first kappa shape index (κ1) is 14.3. The first-order chi connectivity index (χ1) is 9.65. The van der Waals surface area contributed by atoms with E-state index in [0.717, 1.165) is 10.4 Å². The largest absolute Gasteiger partial charge is 0.478 e. The predicted octanol–water partition coefficient (Wildman–Crippen LogP) is 2.35. The summed E-state index contributed by atoms with van der Waals surface area (Å²) in [4.78, 5) is 23.6. The maximum atomic E-state index is 11.7. The third kappa shape index (κ3) is 4.20. The van der Waals surface area contributed by atoms with Crippen LogP contribution in [-0.2, 0) is 17.6 Å². The van der Waals surface area contributed by atoms with Crippen molar-refractivity contribution in [2.24, 2.45) is 0 Å². The molecule has 1 heterocycles. The van der Waals surface area contributed by atoms with Crippen LogP contribution in [-0.4, -0.2) is 23.5 Å². The number of nitrogens with one attached hydrogen (secondary N) is 1. The molecular formula is C15H15NO3S. The van der Waals surface area contributed by atoms with E-state index in [0.29, 0.717) is 19.4 Å². The molecule has 0 fully saturated rings. The summed E-state index contributed by atoms with van der Waals surface area (Å²) < 4.78 is 0. The van der Waals surface area contributed by atoms with Crippen molar-refractivity contribution in [2.45, 2.75) is 12.8 Å². The Morgan fingerprint density at radius 3 is 2.75 bits per heavy atom. The molecule has 2 N–H and O–H groups in total. The molecule has 0 unspecified atom stereocenters. The van der Waals surface area contributed by atoms with Gasteiger partial charge in [-0.1, -0.05) is 18.2 Å². The molecule has 0 aliphatic carbocycles. The van der Waals surface area contributed by atoms with Gasteiger partial charge < -0.3 is 10.4 Å². The highest BCUT2D eigenvalue weighted by molar-refractivity contribution is 7.10. The number of aromatic carboxylic acids is 1. The zero-order chi connectivity index (χ0) is 14.4. The van der Waals surface area contributed by atoms with Gasteiger partial charge in [-0.3, -0.25) is 4.79 Å². The van der Waals surface area contributed by atoms with Gasteiger partial charge in [0.1, 0.15) is 0 Å². The van der Waals surface area contributed by atoms with Gasteiger partial charge in [-0.15, -0.1) is 11.3 Å². The molecule has 0 aliphatic heterocycles. The second-order valence-corrected chi connectivity index (χ2v) is 5.39. The lowest BCUT2D eigenvalue weighted by atomic mass is 10.1. The second kappa shape index (κ2) is 6.86. The van der Waals surface area contributed by atoms with E-state index in [1.165, 1.54) is 0 Å². The number of hydrogen-bond acceptors (Lipinski definition) is 3. The van der Waals surface area contributed by atoms with Crippen molar-refractivity contribution < 1.29 is 14.7 Å². The average Bonchev–Trinajstić information content (AvgIpc) is 2.92. The Kier molecular flexibility index (Phi) is 4.90. The fourth-order valence-corrected chi connectivity index (χ4v) is 2.54. The summed E-state index contributed by atoms with van der Waals surface area (Å²) in [5, 5.41) is 13.7. The Labute approximate surface area is 121 Å². The number of amides is 1. The second-order valence-electron chi connectivity index (χ2n) is 4.36. The van der Waals surface area contributed by atoms with E-state index in [9.17, 15) is 9.59 Å². The number of carboxylic acid groups (broad SMARTS) is 1. The fraction of sp³-hybridized carbons (Fsp3) is 0.200. The molecule has 0 spiro atoms. The van der Waals surface area contributed by atoms with Crippen LogP contribution in [0, 0.1) is 0 Å². The number of carbonyl (C=O) groups excluding carboxylic acids is 1.